The van der Waals surface area contributed by atoms with Crippen molar-refractivity contribution >= 4 is 46.6 Å². The van der Waals surface area contributed by atoms with E-state index in [0.29, 0.717) is 19.0 Å². The van der Waals surface area contributed by atoms with Gasteiger partial charge in [-0.2, -0.15) is 31.3 Å². The van der Waals surface area contributed by atoms with Crippen LogP contribution in [0.25, 0.3) is 0 Å². The number of hydrogen-bond donors (Lipinski definition) is 3. The van der Waals surface area contributed by atoms with Crippen LogP contribution in [0.4, 0.5) is 49.5 Å². The highest BCUT2D eigenvalue weighted by atomic mass is 35.5. The Bertz CT molecular complexity index is 1720. The van der Waals surface area contributed by atoms with E-state index in [9.17, 15) is 35.9 Å². The molecule has 3 heterocycles. The molecule has 0 bridgehead atoms. The van der Waals surface area contributed by atoms with E-state index >= 15 is 0 Å². The second kappa shape index (κ2) is 16.5. The summed E-state index contributed by atoms with van der Waals surface area (Å²) < 4.78 is 101. The summed E-state index contributed by atoms with van der Waals surface area (Å²) in [5, 5.41) is 5.69. The summed E-state index contributed by atoms with van der Waals surface area (Å²) in [6.07, 6.45) is -8.13. The van der Waals surface area contributed by atoms with Crippen LogP contribution in [-0.2, 0) is 21.8 Å². The first-order valence-corrected chi connectivity index (χ1v) is 15.5. The molecule has 51 heavy (non-hydrogen) atoms. The van der Waals surface area contributed by atoms with Crippen molar-refractivity contribution in [3.63, 3.8) is 0 Å². The number of morpholine rings is 2. The molecule has 1 aromatic heterocycles. The maximum atomic E-state index is 13.8. The van der Waals surface area contributed by atoms with E-state index in [4.69, 9.17) is 36.3 Å². The van der Waals surface area contributed by atoms with Crippen molar-refractivity contribution in [2.24, 2.45) is 0 Å². The minimum absolute atomic E-state index is 0.00225. The Morgan fingerprint density at radius 2 is 1.29 bits per heavy atom. The topological polar surface area (TPSA) is 153 Å². The van der Waals surface area contributed by atoms with Gasteiger partial charge in [-0.1, -0.05) is 11.6 Å². The highest BCUT2D eigenvalue weighted by Crippen LogP contribution is 2.40. The van der Waals surface area contributed by atoms with Gasteiger partial charge in [-0.25, -0.2) is 4.98 Å². The van der Waals surface area contributed by atoms with Gasteiger partial charge < -0.3 is 45.1 Å². The second-order valence-electron chi connectivity index (χ2n) is 10.8. The molecule has 0 unspecified atom stereocenters. The zero-order chi connectivity index (χ0) is 37.5. The number of hydrogen-bond acceptors (Lipinski definition) is 11. The molecule has 13 nitrogen and oxygen atoms in total. The molecule has 2 amide bonds. The van der Waals surface area contributed by atoms with Crippen LogP contribution in [0, 0.1) is 0 Å². The number of methoxy groups -OCH3 is 2. The van der Waals surface area contributed by atoms with E-state index in [1.807, 2.05) is 0 Å². The van der Waals surface area contributed by atoms with Gasteiger partial charge in [0.25, 0.3) is 11.8 Å². The van der Waals surface area contributed by atoms with Crippen LogP contribution in [-0.4, -0.2) is 105 Å². The molecular formula is C31H34ClF6N7O6. The molecule has 0 atom stereocenters. The number of ether oxygens (including phenoxy) is 4. The Balaban J connectivity index is 0.000000244. The Labute approximate surface area is 292 Å². The first-order chi connectivity index (χ1) is 24.1. The smallest absolute Gasteiger partial charge is 0.417 e. The third-order valence-corrected chi connectivity index (χ3v) is 7.88. The quantitative estimate of drug-likeness (QED) is 0.216. The maximum Gasteiger partial charge on any atom is 0.417 e. The van der Waals surface area contributed by atoms with Crippen LogP contribution in [0.5, 0.6) is 11.5 Å². The van der Waals surface area contributed by atoms with Gasteiger partial charge in [0.05, 0.1) is 80.5 Å². The SMILES string of the molecule is CNc1nc(Nc2cc(C(F)(F)F)c(C(=O)N3CCOCC3)cc2OC)ncc1Cl.COc1cc(C(=O)N2CCOCC2)c(C(F)(F)F)cc1N. The van der Waals surface area contributed by atoms with Crippen molar-refractivity contribution in [2.45, 2.75) is 12.4 Å². The van der Waals surface area contributed by atoms with Gasteiger partial charge in [0.15, 0.2) is 0 Å². The first kappa shape index (κ1) is 39.0. The molecule has 0 aliphatic carbocycles. The molecule has 3 aromatic rings. The number of nitrogens with zero attached hydrogens (tertiary/aromatic N) is 4. The largest absolute Gasteiger partial charge is 0.495 e. The number of nitrogens with one attached hydrogen (secondary N) is 2. The number of nitrogen functional groups attached to an aromatic ring is 1. The molecule has 0 saturated carbocycles. The molecule has 20 heteroatoms. The molecule has 4 N–H and O–H groups in total. The van der Waals surface area contributed by atoms with Gasteiger partial charge in [-0.3, -0.25) is 9.59 Å². The van der Waals surface area contributed by atoms with Crippen molar-refractivity contribution in [1.82, 2.24) is 19.8 Å². The van der Waals surface area contributed by atoms with E-state index < -0.39 is 46.4 Å². The van der Waals surface area contributed by atoms with Crippen molar-refractivity contribution < 1.29 is 54.9 Å². The number of amides is 2. The molecule has 2 aliphatic heterocycles. The number of rotatable bonds is 7. The summed E-state index contributed by atoms with van der Waals surface area (Å²) in [5.74, 6) is -1.07. The lowest BCUT2D eigenvalue weighted by atomic mass is 10.0. The maximum absolute atomic E-state index is 13.8. The fraction of sp³-hybridized carbons (Fsp3) is 0.419. The Morgan fingerprint density at radius 1 is 0.824 bits per heavy atom. The number of halogens is 7. The molecule has 2 fully saturated rings. The van der Waals surface area contributed by atoms with Gasteiger partial charge in [-0.15, -0.1) is 0 Å². The lowest BCUT2D eigenvalue weighted by molar-refractivity contribution is -0.138. The van der Waals surface area contributed by atoms with E-state index in [1.54, 1.807) is 7.05 Å². The minimum Gasteiger partial charge on any atom is -0.495 e. The van der Waals surface area contributed by atoms with Crippen molar-refractivity contribution in [3.05, 3.63) is 57.7 Å². The molecule has 2 saturated heterocycles. The average molecular weight is 750 g/mol. The Kier molecular flexibility index (Phi) is 12.6. The van der Waals surface area contributed by atoms with E-state index in [2.05, 4.69) is 20.6 Å². The van der Waals surface area contributed by atoms with Gasteiger partial charge >= 0.3 is 12.4 Å². The zero-order valence-corrected chi connectivity index (χ0v) is 28.3. The summed E-state index contributed by atoms with van der Waals surface area (Å²) in [6, 6.07) is 3.64. The second-order valence-corrected chi connectivity index (χ2v) is 11.2. The highest BCUT2D eigenvalue weighted by molar-refractivity contribution is 6.32. The number of carbonyl (C=O) groups is 2. The Hall–Kier alpha value is -4.75. The van der Waals surface area contributed by atoms with Crippen LogP contribution >= 0.6 is 11.6 Å². The standard InChI is InChI=1S/C18H19ClF3N5O3.C13H15F3N2O3/c1-23-15-12(19)9-24-17(26-15)25-13-8-11(18(20,21)22)10(7-14(13)29-2)16(28)27-3-5-30-6-4-27;1-20-11-6-8(9(7-10(11)17)13(14,15)16)12(19)18-2-4-21-5-3-18/h7-9H,3-6H2,1-2H3,(H2,23,24,25,26);6-7H,2-5,17H2,1H3. The van der Waals surface area contributed by atoms with Gasteiger partial charge in [0, 0.05) is 33.2 Å². The minimum atomic E-state index is -4.77. The number of aromatic nitrogens is 2. The van der Waals surface area contributed by atoms with E-state index in [0.717, 1.165) is 24.3 Å². The van der Waals surface area contributed by atoms with Gasteiger partial charge in [0.1, 0.15) is 22.3 Å². The summed E-state index contributed by atoms with van der Waals surface area (Å²) in [7, 11) is 4.16. The first-order valence-electron chi connectivity index (χ1n) is 15.1. The monoisotopic (exact) mass is 749 g/mol. The predicted octanol–water partition coefficient (Wildman–Crippen LogP) is 5.18. The number of anilines is 4. The fourth-order valence-corrected chi connectivity index (χ4v) is 5.22. The van der Waals surface area contributed by atoms with E-state index in [-0.39, 0.29) is 73.2 Å². The highest BCUT2D eigenvalue weighted by Gasteiger charge is 2.39. The zero-order valence-electron chi connectivity index (χ0n) is 27.5. The fourth-order valence-electron chi connectivity index (χ4n) is 5.04. The van der Waals surface area contributed by atoms with Crippen molar-refractivity contribution in [2.75, 3.05) is 90.2 Å². The average Bonchev–Trinajstić information content (AvgIpc) is 3.11. The normalized spacial score (nSPS) is 15.0. The third kappa shape index (κ3) is 9.53. The molecule has 2 aliphatic rings. The number of carbonyl (C=O) groups excluding carboxylic acids is 2. The molecule has 2 aromatic carbocycles. The molecule has 0 spiro atoms. The van der Waals surface area contributed by atoms with Gasteiger partial charge in [-0.05, 0) is 24.3 Å². The van der Waals surface area contributed by atoms with Crippen molar-refractivity contribution in [3.8, 4) is 11.5 Å². The van der Waals surface area contributed by atoms with E-state index in [1.165, 1.54) is 30.2 Å². The summed E-state index contributed by atoms with van der Waals surface area (Å²) in [5.41, 5.74) is 2.18. The van der Waals surface area contributed by atoms with Crippen LogP contribution in [0.2, 0.25) is 5.02 Å². The molecule has 278 valence electrons. The summed E-state index contributed by atoms with van der Waals surface area (Å²) in [4.78, 5) is 35.8. The summed E-state index contributed by atoms with van der Waals surface area (Å²) >= 11 is 5.93. The third-order valence-electron chi connectivity index (χ3n) is 7.61. The van der Waals surface area contributed by atoms with Crippen LogP contribution in [0.1, 0.15) is 31.8 Å². The lowest BCUT2D eigenvalue weighted by Crippen LogP contribution is -2.41. The van der Waals surface area contributed by atoms with Crippen molar-refractivity contribution in [1.29, 1.82) is 0 Å². The molecular weight excluding hydrogens is 716 g/mol. The number of nitrogens with two attached hydrogens (primary N) is 1. The van der Waals surface area contributed by atoms with Crippen LogP contribution < -0.4 is 25.8 Å². The Morgan fingerprint density at radius 3 is 1.75 bits per heavy atom. The van der Waals surface area contributed by atoms with Gasteiger partial charge in [0.2, 0.25) is 5.95 Å². The predicted molar refractivity (Wildman–Crippen MR) is 174 cm³/mol. The summed E-state index contributed by atoms with van der Waals surface area (Å²) in [6.45, 7) is 2.08. The van der Waals surface area contributed by atoms with Crippen LogP contribution in [0.3, 0.4) is 0 Å². The number of benzene rings is 2. The molecule has 5 rings (SSSR count). The van der Waals surface area contributed by atoms with Crippen LogP contribution in [0.15, 0.2) is 30.5 Å². The molecule has 0 radical (unpaired) electrons. The lowest BCUT2D eigenvalue weighted by Gasteiger charge is -2.28. The number of alkyl halides is 6.